The van der Waals surface area contributed by atoms with Crippen molar-refractivity contribution in [1.82, 2.24) is 14.3 Å². The Balaban J connectivity index is 1.28. The third kappa shape index (κ3) is 2.35. The Morgan fingerprint density at radius 2 is 1.52 bits per heavy atom. The molecule has 4 aliphatic carbocycles. The fourth-order valence-corrected chi connectivity index (χ4v) is 7.29. The summed E-state index contributed by atoms with van der Waals surface area (Å²) in [5.41, 5.74) is 2.64. The maximum atomic E-state index is 12.6. The molecule has 142 valence electrons. The summed E-state index contributed by atoms with van der Waals surface area (Å²) < 4.78 is 4.14. The van der Waals surface area contributed by atoms with Crippen molar-refractivity contribution < 1.29 is 0 Å². The van der Waals surface area contributed by atoms with E-state index in [1.165, 1.54) is 38.5 Å². The monoisotopic (exact) mass is 363 g/mol. The van der Waals surface area contributed by atoms with Crippen molar-refractivity contribution in [3.63, 3.8) is 0 Å². The third-order valence-electron chi connectivity index (χ3n) is 8.00. The molecule has 4 nitrogen and oxygen atoms in total. The minimum atomic E-state index is 0.0898. The van der Waals surface area contributed by atoms with Crippen molar-refractivity contribution in [2.75, 3.05) is 13.1 Å². The van der Waals surface area contributed by atoms with Gasteiger partial charge in [0.1, 0.15) is 0 Å². The molecule has 2 aromatic rings. The van der Waals surface area contributed by atoms with Crippen LogP contribution in [0.5, 0.6) is 0 Å². The predicted octanol–water partition coefficient (Wildman–Crippen LogP) is 3.77. The van der Waals surface area contributed by atoms with Crippen LogP contribution in [0, 0.1) is 24.7 Å². The highest BCUT2D eigenvalue weighted by atomic mass is 16.1. The predicted molar refractivity (Wildman–Crippen MR) is 106 cm³/mol. The summed E-state index contributed by atoms with van der Waals surface area (Å²) in [4.78, 5) is 15.4. The van der Waals surface area contributed by atoms with Gasteiger partial charge in [0.25, 0.3) is 5.56 Å². The van der Waals surface area contributed by atoms with E-state index < -0.39 is 0 Å². The average Bonchev–Trinajstić information content (AvgIpc) is 2.87. The van der Waals surface area contributed by atoms with Gasteiger partial charge in [-0.25, -0.2) is 4.68 Å². The summed E-state index contributed by atoms with van der Waals surface area (Å²) in [6.07, 6.45) is 8.80. The van der Waals surface area contributed by atoms with Crippen LogP contribution in [0.25, 0.3) is 5.69 Å². The summed E-state index contributed by atoms with van der Waals surface area (Å²) in [5.74, 6) is 2.98. The lowest BCUT2D eigenvalue weighted by Crippen LogP contribution is -2.66. The molecular weight excluding hydrogens is 334 g/mol. The van der Waals surface area contributed by atoms with Crippen LogP contribution >= 0.6 is 0 Å². The molecule has 5 fully saturated rings. The largest absolute Gasteiger partial charge is 0.293 e. The fourth-order valence-electron chi connectivity index (χ4n) is 7.29. The number of likely N-dealkylation sites (tertiary alicyclic amines) is 1. The van der Waals surface area contributed by atoms with E-state index in [0.717, 1.165) is 42.2 Å². The molecule has 1 aromatic carbocycles. The van der Waals surface area contributed by atoms with Gasteiger partial charge >= 0.3 is 0 Å². The number of hydrogen-bond donors (Lipinski definition) is 0. The summed E-state index contributed by atoms with van der Waals surface area (Å²) in [6, 6.07) is 12.3. The lowest BCUT2D eigenvalue weighted by molar-refractivity contribution is -0.127. The smallest absolute Gasteiger partial charge is 0.271 e. The second-order valence-electron chi connectivity index (χ2n) is 9.82. The fraction of sp³-hybridized carbons (Fsp3) is 0.609. The molecule has 4 saturated carbocycles. The molecule has 4 bridgehead atoms. The zero-order valence-corrected chi connectivity index (χ0v) is 16.2. The van der Waals surface area contributed by atoms with Gasteiger partial charge in [-0.1, -0.05) is 18.2 Å². The van der Waals surface area contributed by atoms with Crippen molar-refractivity contribution >= 4 is 0 Å². The van der Waals surface area contributed by atoms with E-state index in [2.05, 4.69) is 16.5 Å². The lowest BCUT2D eigenvalue weighted by Gasteiger charge is -2.64. The van der Waals surface area contributed by atoms with Crippen LogP contribution in [-0.4, -0.2) is 32.9 Å². The first kappa shape index (κ1) is 16.2. The second-order valence-corrected chi connectivity index (χ2v) is 9.82. The highest BCUT2D eigenvalue weighted by Crippen LogP contribution is 2.59. The normalized spacial score (nSPS) is 35.5. The zero-order valence-electron chi connectivity index (χ0n) is 16.2. The molecule has 0 unspecified atom stereocenters. The minimum absolute atomic E-state index is 0.0898. The van der Waals surface area contributed by atoms with E-state index in [1.807, 2.05) is 35.0 Å². The molecule has 7 rings (SSSR count). The van der Waals surface area contributed by atoms with E-state index >= 15 is 0 Å². The number of nitrogens with zero attached hydrogens (tertiary/aromatic N) is 3. The molecule has 0 amide bonds. The van der Waals surface area contributed by atoms with E-state index in [0.29, 0.717) is 11.6 Å². The van der Waals surface area contributed by atoms with Crippen LogP contribution in [0.1, 0.15) is 50.3 Å². The number of benzene rings is 1. The molecule has 2 heterocycles. The molecule has 0 N–H and O–H groups in total. The number of para-hydroxylation sites is 1. The molecule has 5 aliphatic rings. The number of hydrogen-bond acceptors (Lipinski definition) is 2. The second kappa shape index (κ2) is 5.60. The Hall–Kier alpha value is -1.81. The molecule has 0 atom stereocenters. The van der Waals surface area contributed by atoms with Gasteiger partial charge in [0, 0.05) is 30.4 Å². The molecule has 27 heavy (non-hydrogen) atoms. The van der Waals surface area contributed by atoms with Gasteiger partial charge in [-0.15, -0.1) is 0 Å². The SMILES string of the molecule is Cc1cc(=O)n(-c2ccccc2)n1C1CN(C23CC4CC(CC(C4)C2)C3)C1. The molecule has 0 radical (unpaired) electrons. The van der Waals surface area contributed by atoms with E-state index in [-0.39, 0.29) is 5.56 Å². The first-order valence-corrected chi connectivity index (χ1v) is 10.7. The van der Waals surface area contributed by atoms with Crippen molar-refractivity contribution in [2.45, 2.75) is 57.0 Å². The Morgan fingerprint density at radius 1 is 0.926 bits per heavy atom. The number of aromatic nitrogens is 2. The summed E-state index contributed by atoms with van der Waals surface area (Å²) >= 11 is 0. The van der Waals surface area contributed by atoms with Crippen molar-refractivity contribution in [3.05, 3.63) is 52.4 Å². The van der Waals surface area contributed by atoms with E-state index in [1.54, 1.807) is 6.07 Å². The molecule has 1 aromatic heterocycles. The highest BCUT2D eigenvalue weighted by Gasteiger charge is 2.56. The van der Waals surface area contributed by atoms with Crippen molar-refractivity contribution in [2.24, 2.45) is 17.8 Å². The van der Waals surface area contributed by atoms with Crippen LogP contribution < -0.4 is 5.56 Å². The van der Waals surface area contributed by atoms with Gasteiger partial charge in [0.2, 0.25) is 0 Å². The van der Waals surface area contributed by atoms with Gasteiger partial charge in [-0.2, -0.15) is 0 Å². The van der Waals surface area contributed by atoms with E-state index in [9.17, 15) is 4.79 Å². The maximum Gasteiger partial charge on any atom is 0.271 e. The van der Waals surface area contributed by atoms with Gasteiger partial charge in [0.05, 0.1) is 11.7 Å². The topological polar surface area (TPSA) is 30.2 Å². The number of aryl methyl sites for hydroxylation is 1. The Labute approximate surface area is 160 Å². The minimum Gasteiger partial charge on any atom is -0.293 e. The van der Waals surface area contributed by atoms with Gasteiger partial charge in [-0.05, 0) is 75.3 Å². The molecule has 1 aliphatic heterocycles. The van der Waals surface area contributed by atoms with Crippen molar-refractivity contribution in [3.8, 4) is 5.69 Å². The van der Waals surface area contributed by atoms with Gasteiger partial charge in [0.15, 0.2) is 0 Å². The summed E-state index contributed by atoms with van der Waals surface area (Å²) in [7, 11) is 0. The Kier molecular flexibility index (Phi) is 3.36. The van der Waals surface area contributed by atoms with Crippen LogP contribution in [0.4, 0.5) is 0 Å². The third-order valence-corrected chi connectivity index (χ3v) is 8.00. The molecule has 4 heteroatoms. The van der Waals surface area contributed by atoms with Gasteiger partial charge < -0.3 is 0 Å². The molecule has 1 saturated heterocycles. The van der Waals surface area contributed by atoms with E-state index in [4.69, 9.17) is 0 Å². The lowest BCUT2D eigenvalue weighted by atomic mass is 9.52. The quantitative estimate of drug-likeness (QED) is 0.831. The maximum absolute atomic E-state index is 12.6. The first-order valence-electron chi connectivity index (χ1n) is 10.7. The highest BCUT2D eigenvalue weighted by molar-refractivity contribution is 5.31. The number of rotatable bonds is 3. The van der Waals surface area contributed by atoms with Crippen LogP contribution in [0.15, 0.2) is 41.2 Å². The summed E-state index contributed by atoms with van der Waals surface area (Å²) in [5, 5.41) is 0. The van der Waals surface area contributed by atoms with Crippen molar-refractivity contribution in [1.29, 1.82) is 0 Å². The Bertz CT molecular complexity index is 884. The molecule has 0 spiro atoms. The van der Waals surface area contributed by atoms with Crippen LogP contribution in [0.3, 0.4) is 0 Å². The standard InChI is InChI=1S/C23H29N3O/c1-16-7-22(27)26(20-5-3-2-4-6-20)25(16)21-14-24(15-21)23-11-17-8-18(12-23)10-19(9-17)13-23/h2-7,17-19,21H,8-15H2,1H3. The van der Waals surface area contributed by atoms with Gasteiger partial charge in [-0.3, -0.25) is 14.4 Å². The molecular formula is C23H29N3O. The Morgan fingerprint density at radius 3 is 2.11 bits per heavy atom. The first-order chi connectivity index (χ1) is 13.1. The van der Waals surface area contributed by atoms with Crippen LogP contribution in [0.2, 0.25) is 0 Å². The van der Waals surface area contributed by atoms with Crippen LogP contribution in [-0.2, 0) is 0 Å². The average molecular weight is 364 g/mol. The zero-order chi connectivity index (χ0) is 18.2. The summed E-state index contributed by atoms with van der Waals surface area (Å²) in [6.45, 7) is 4.29.